The first-order chi connectivity index (χ1) is 14.6. The predicted molar refractivity (Wildman–Crippen MR) is 118 cm³/mol. The van der Waals surface area contributed by atoms with Crippen LogP contribution in [0, 0.1) is 11.6 Å². The Morgan fingerprint density at radius 3 is 1.87 bits per heavy atom. The molecule has 0 N–H and O–H groups in total. The van der Waals surface area contributed by atoms with Crippen LogP contribution >= 0.6 is 0 Å². The van der Waals surface area contributed by atoms with E-state index < -0.39 is 11.6 Å². The van der Waals surface area contributed by atoms with Gasteiger partial charge in [-0.15, -0.1) is 0 Å². The Hall–Kier alpha value is -2.88. The molecule has 0 fully saturated rings. The van der Waals surface area contributed by atoms with Gasteiger partial charge in [0.1, 0.15) is 5.75 Å². The van der Waals surface area contributed by atoms with Gasteiger partial charge in [0.15, 0.2) is 11.6 Å². The monoisotopic (exact) mass is 410 g/mol. The lowest BCUT2D eigenvalue weighted by Gasteiger charge is -2.11. The number of benzene rings is 3. The Balaban J connectivity index is 1.71. The summed E-state index contributed by atoms with van der Waals surface area (Å²) in [7, 11) is 0. The van der Waals surface area contributed by atoms with E-state index in [0.717, 1.165) is 36.3 Å². The maximum Gasteiger partial charge on any atom is 0.201 e. The Morgan fingerprint density at radius 1 is 0.600 bits per heavy atom. The molecule has 3 aromatic rings. The molecule has 3 rings (SSSR count). The zero-order chi connectivity index (χ0) is 21.3. The Kier molecular flexibility index (Phi) is 7.83. The minimum atomic E-state index is -0.945. The van der Waals surface area contributed by atoms with Crippen LogP contribution in [0.25, 0.3) is 22.3 Å². The predicted octanol–water partition coefficient (Wildman–Crippen LogP) is 7.66. The average molecular weight is 411 g/mol. The van der Waals surface area contributed by atoms with Crippen LogP contribution in [0.2, 0.25) is 0 Å². The lowest BCUT2D eigenvalue weighted by atomic mass is 9.99. The van der Waals surface area contributed by atoms with Crippen molar-refractivity contribution in [2.75, 3.05) is 13.2 Å². The molecule has 0 aliphatic heterocycles. The van der Waals surface area contributed by atoms with E-state index in [0.29, 0.717) is 12.2 Å². The number of hydrogen-bond donors (Lipinski definition) is 0. The van der Waals surface area contributed by atoms with E-state index in [1.165, 1.54) is 18.9 Å². The van der Waals surface area contributed by atoms with Crippen LogP contribution in [0.5, 0.6) is 11.5 Å². The van der Waals surface area contributed by atoms with Gasteiger partial charge in [-0.2, -0.15) is 4.39 Å². The fraction of sp³-hybridized carbons (Fsp3) is 0.308. The van der Waals surface area contributed by atoms with Gasteiger partial charge in [0.2, 0.25) is 5.82 Å². The molecule has 2 nitrogen and oxygen atoms in total. The molecule has 0 aliphatic rings. The molecule has 0 radical (unpaired) electrons. The van der Waals surface area contributed by atoms with E-state index in [-0.39, 0.29) is 11.3 Å². The van der Waals surface area contributed by atoms with Gasteiger partial charge in [0.25, 0.3) is 0 Å². The lowest BCUT2D eigenvalue weighted by molar-refractivity contribution is 0.295. The number of halogens is 2. The molecule has 158 valence electrons. The van der Waals surface area contributed by atoms with E-state index >= 15 is 0 Å². The third-order valence-corrected chi connectivity index (χ3v) is 4.91. The highest BCUT2D eigenvalue weighted by atomic mass is 19.2. The number of rotatable bonds is 10. The Labute approximate surface area is 177 Å². The fourth-order valence-electron chi connectivity index (χ4n) is 3.21. The minimum absolute atomic E-state index is 0.0493. The van der Waals surface area contributed by atoms with Crippen molar-refractivity contribution < 1.29 is 18.3 Å². The second-order valence-electron chi connectivity index (χ2n) is 7.24. The van der Waals surface area contributed by atoms with Crippen molar-refractivity contribution in [3.63, 3.8) is 0 Å². The quantitative estimate of drug-likeness (QED) is 0.319. The number of hydrogen-bond acceptors (Lipinski definition) is 2. The molecule has 0 atom stereocenters. The van der Waals surface area contributed by atoms with Gasteiger partial charge in [0.05, 0.1) is 13.2 Å². The molecule has 30 heavy (non-hydrogen) atoms. The van der Waals surface area contributed by atoms with Crippen LogP contribution in [0.15, 0.2) is 60.7 Å². The molecule has 0 unspecified atom stereocenters. The van der Waals surface area contributed by atoms with Crippen molar-refractivity contribution >= 4 is 0 Å². The number of ether oxygens (including phenoxy) is 2. The summed E-state index contributed by atoms with van der Waals surface area (Å²) in [5.41, 5.74) is 2.88. The Bertz CT molecular complexity index is 934. The fourth-order valence-corrected chi connectivity index (χ4v) is 3.21. The first-order valence-electron chi connectivity index (χ1n) is 10.6. The van der Waals surface area contributed by atoms with Gasteiger partial charge >= 0.3 is 0 Å². The van der Waals surface area contributed by atoms with Crippen molar-refractivity contribution in [3.05, 3.63) is 72.3 Å². The lowest BCUT2D eigenvalue weighted by Crippen LogP contribution is -2.00. The summed E-state index contributed by atoms with van der Waals surface area (Å²) in [6, 6.07) is 18.4. The average Bonchev–Trinajstić information content (AvgIpc) is 2.78. The molecular formula is C26H28F2O2. The van der Waals surface area contributed by atoms with Gasteiger partial charge in [-0.25, -0.2) is 4.39 Å². The first-order valence-corrected chi connectivity index (χ1v) is 10.6. The van der Waals surface area contributed by atoms with Crippen LogP contribution < -0.4 is 9.47 Å². The summed E-state index contributed by atoms with van der Waals surface area (Å²) in [6.45, 7) is 5.17. The molecular weight excluding hydrogens is 382 g/mol. The summed E-state index contributed by atoms with van der Waals surface area (Å²) >= 11 is 0. The Morgan fingerprint density at radius 2 is 1.23 bits per heavy atom. The third kappa shape index (κ3) is 5.38. The smallest absolute Gasteiger partial charge is 0.201 e. The molecule has 0 aromatic heterocycles. The van der Waals surface area contributed by atoms with Crippen molar-refractivity contribution in [3.8, 4) is 33.8 Å². The number of unbranched alkanes of at least 4 members (excludes halogenated alkanes) is 2. The maximum atomic E-state index is 14.5. The summed E-state index contributed by atoms with van der Waals surface area (Å²) in [6.07, 6.45) is 4.13. The van der Waals surface area contributed by atoms with Crippen LogP contribution in [0.1, 0.15) is 39.5 Å². The molecule has 0 bridgehead atoms. The van der Waals surface area contributed by atoms with Gasteiger partial charge < -0.3 is 9.47 Å². The molecule has 0 spiro atoms. The highest BCUT2D eigenvalue weighted by molar-refractivity contribution is 5.71. The minimum Gasteiger partial charge on any atom is -0.494 e. The molecule has 0 amide bonds. The second kappa shape index (κ2) is 10.8. The van der Waals surface area contributed by atoms with E-state index in [9.17, 15) is 8.78 Å². The molecule has 3 aromatic carbocycles. The van der Waals surface area contributed by atoms with E-state index in [2.05, 4.69) is 6.92 Å². The van der Waals surface area contributed by atoms with Crippen molar-refractivity contribution in [1.82, 2.24) is 0 Å². The van der Waals surface area contributed by atoms with Crippen molar-refractivity contribution in [1.29, 1.82) is 0 Å². The highest BCUT2D eigenvalue weighted by Crippen LogP contribution is 2.31. The summed E-state index contributed by atoms with van der Waals surface area (Å²) < 4.78 is 39.8. The largest absolute Gasteiger partial charge is 0.494 e. The van der Waals surface area contributed by atoms with Gasteiger partial charge in [0, 0.05) is 5.56 Å². The normalized spacial score (nSPS) is 10.8. The molecule has 0 saturated heterocycles. The second-order valence-corrected chi connectivity index (χ2v) is 7.24. The van der Waals surface area contributed by atoms with E-state index in [1.54, 1.807) is 18.2 Å². The van der Waals surface area contributed by atoms with Crippen LogP contribution in [0.4, 0.5) is 8.78 Å². The van der Waals surface area contributed by atoms with Crippen molar-refractivity contribution in [2.45, 2.75) is 39.5 Å². The van der Waals surface area contributed by atoms with Crippen LogP contribution in [-0.4, -0.2) is 13.2 Å². The summed E-state index contributed by atoms with van der Waals surface area (Å²) in [5.74, 6) is -1.03. The van der Waals surface area contributed by atoms with Crippen LogP contribution in [0.3, 0.4) is 0 Å². The van der Waals surface area contributed by atoms with E-state index in [4.69, 9.17) is 9.47 Å². The van der Waals surface area contributed by atoms with E-state index in [1.807, 2.05) is 43.3 Å². The molecule has 4 heteroatoms. The topological polar surface area (TPSA) is 18.5 Å². The van der Waals surface area contributed by atoms with Gasteiger partial charge in [-0.3, -0.25) is 0 Å². The maximum absolute atomic E-state index is 14.5. The highest BCUT2D eigenvalue weighted by Gasteiger charge is 2.15. The summed E-state index contributed by atoms with van der Waals surface area (Å²) in [4.78, 5) is 0. The van der Waals surface area contributed by atoms with Crippen molar-refractivity contribution in [2.24, 2.45) is 0 Å². The van der Waals surface area contributed by atoms with Gasteiger partial charge in [-0.05, 0) is 53.8 Å². The molecule has 0 aliphatic carbocycles. The first kappa shape index (κ1) is 21.8. The summed E-state index contributed by atoms with van der Waals surface area (Å²) in [5, 5.41) is 0. The zero-order valence-corrected chi connectivity index (χ0v) is 17.6. The SMILES string of the molecule is CCCCCOc1ccc(-c2ccc(-c3ccc(OCCC)c(F)c3F)cc2)cc1. The van der Waals surface area contributed by atoms with Gasteiger partial charge in [-0.1, -0.05) is 63.1 Å². The zero-order valence-electron chi connectivity index (χ0n) is 17.6. The van der Waals surface area contributed by atoms with Crippen LogP contribution in [-0.2, 0) is 0 Å². The third-order valence-electron chi connectivity index (χ3n) is 4.91. The molecule has 0 saturated carbocycles. The molecule has 0 heterocycles. The standard InChI is InChI=1S/C26H28F2O2/c1-3-5-6-18-29-22-13-11-20(12-14-22)19-7-9-21(10-8-19)23-15-16-24(30-17-4-2)26(28)25(23)27/h7-16H,3-6,17-18H2,1-2H3.